The van der Waals surface area contributed by atoms with Crippen molar-refractivity contribution < 1.29 is 9.53 Å². The molecular formula is C21H22ClN3O2. The second kappa shape index (κ2) is 6.57. The zero-order valence-electron chi connectivity index (χ0n) is 15.7. The van der Waals surface area contributed by atoms with Crippen molar-refractivity contribution in [1.29, 1.82) is 0 Å². The first-order chi connectivity index (χ1) is 12.8. The first kappa shape index (κ1) is 17.9. The smallest absolute Gasteiger partial charge is 0.410 e. The van der Waals surface area contributed by atoms with Crippen LogP contribution in [-0.4, -0.2) is 39.7 Å². The number of benzene rings is 1. The maximum Gasteiger partial charge on any atom is 0.410 e. The number of aromatic nitrogens is 2. The number of pyridine rings is 1. The molecule has 1 N–H and O–H groups in total. The molecule has 0 atom stereocenters. The molecule has 3 aromatic rings. The van der Waals surface area contributed by atoms with Crippen LogP contribution >= 0.6 is 11.6 Å². The molecule has 3 heterocycles. The quantitative estimate of drug-likeness (QED) is 0.612. The van der Waals surface area contributed by atoms with Crippen molar-refractivity contribution in [3.8, 4) is 0 Å². The Morgan fingerprint density at radius 2 is 2.07 bits per heavy atom. The number of hydrogen-bond donors (Lipinski definition) is 1. The van der Waals surface area contributed by atoms with Gasteiger partial charge >= 0.3 is 6.09 Å². The van der Waals surface area contributed by atoms with E-state index in [1.807, 2.05) is 45.2 Å². The maximum atomic E-state index is 12.2. The van der Waals surface area contributed by atoms with E-state index in [1.165, 1.54) is 5.57 Å². The van der Waals surface area contributed by atoms with E-state index in [4.69, 9.17) is 16.3 Å². The first-order valence-corrected chi connectivity index (χ1v) is 9.42. The largest absolute Gasteiger partial charge is 0.444 e. The molecule has 0 radical (unpaired) electrons. The number of aromatic amines is 1. The van der Waals surface area contributed by atoms with Crippen molar-refractivity contribution in [2.24, 2.45) is 0 Å². The molecule has 1 aliphatic rings. The van der Waals surface area contributed by atoms with Crippen LogP contribution in [-0.2, 0) is 4.74 Å². The second-order valence-corrected chi connectivity index (χ2v) is 8.28. The number of amides is 1. The van der Waals surface area contributed by atoms with Gasteiger partial charge < -0.3 is 14.6 Å². The van der Waals surface area contributed by atoms with Crippen LogP contribution in [0.3, 0.4) is 0 Å². The van der Waals surface area contributed by atoms with Crippen LogP contribution in [0.25, 0.3) is 27.5 Å². The Bertz CT molecular complexity index is 1060. The molecule has 5 nitrogen and oxygen atoms in total. The standard InChI is InChI=1S/C21H22ClN3O2/c1-21(2,3)27-20(26)25-8-6-13(7-9-25)14-10-17-16-11-15(22)4-5-18(16)24-19(17)23-12-14/h4-6,10-12H,7-9H2,1-3H3,(H,23,24). The molecule has 27 heavy (non-hydrogen) atoms. The van der Waals surface area contributed by atoms with Gasteiger partial charge in [-0.25, -0.2) is 9.78 Å². The minimum atomic E-state index is -0.480. The lowest BCUT2D eigenvalue weighted by molar-refractivity contribution is 0.0270. The van der Waals surface area contributed by atoms with Gasteiger partial charge in [-0.1, -0.05) is 17.7 Å². The lowest BCUT2D eigenvalue weighted by Crippen LogP contribution is -2.39. The predicted molar refractivity (Wildman–Crippen MR) is 109 cm³/mol. The highest BCUT2D eigenvalue weighted by atomic mass is 35.5. The van der Waals surface area contributed by atoms with Gasteiger partial charge in [0, 0.05) is 40.6 Å². The number of halogens is 1. The Labute approximate surface area is 163 Å². The number of fused-ring (bicyclic) bond motifs is 3. The zero-order valence-corrected chi connectivity index (χ0v) is 16.4. The van der Waals surface area contributed by atoms with Crippen LogP contribution in [0.15, 0.2) is 36.5 Å². The van der Waals surface area contributed by atoms with E-state index >= 15 is 0 Å². The molecule has 0 bridgehead atoms. The third-order valence-corrected chi connectivity index (χ3v) is 4.88. The van der Waals surface area contributed by atoms with Gasteiger partial charge in [-0.3, -0.25) is 0 Å². The Kier molecular flexibility index (Phi) is 4.35. The molecule has 0 spiro atoms. The number of nitrogens with zero attached hydrogens (tertiary/aromatic N) is 2. The molecule has 0 saturated carbocycles. The summed E-state index contributed by atoms with van der Waals surface area (Å²) in [5.41, 5.74) is 3.66. The summed E-state index contributed by atoms with van der Waals surface area (Å²) in [4.78, 5) is 21.9. The molecule has 4 rings (SSSR count). The number of rotatable bonds is 1. The lowest BCUT2D eigenvalue weighted by Gasteiger charge is -2.29. The minimum absolute atomic E-state index is 0.266. The summed E-state index contributed by atoms with van der Waals surface area (Å²) in [6, 6.07) is 7.94. The molecule has 0 unspecified atom stereocenters. The summed E-state index contributed by atoms with van der Waals surface area (Å²) in [5.74, 6) is 0. The summed E-state index contributed by atoms with van der Waals surface area (Å²) in [5, 5.41) is 2.83. The van der Waals surface area contributed by atoms with Crippen molar-refractivity contribution in [2.45, 2.75) is 32.8 Å². The van der Waals surface area contributed by atoms with Crippen LogP contribution in [0, 0.1) is 0 Å². The third kappa shape index (κ3) is 3.65. The fourth-order valence-corrected chi connectivity index (χ4v) is 3.52. The second-order valence-electron chi connectivity index (χ2n) is 7.84. The molecule has 0 fully saturated rings. The van der Waals surface area contributed by atoms with Gasteiger partial charge in [0.2, 0.25) is 0 Å². The fourth-order valence-electron chi connectivity index (χ4n) is 3.34. The summed E-state index contributed by atoms with van der Waals surface area (Å²) in [7, 11) is 0. The van der Waals surface area contributed by atoms with Gasteiger partial charge in [-0.2, -0.15) is 0 Å². The summed E-state index contributed by atoms with van der Waals surface area (Å²) in [6.45, 7) is 6.82. The number of carbonyl (C=O) groups excluding carboxylic acids is 1. The molecular weight excluding hydrogens is 362 g/mol. The lowest BCUT2D eigenvalue weighted by atomic mass is 10.00. The molecule has 140 valence electrons. The zero-order chi connectivity index (χ0) is 19.2. The fraction of sp³-hybridized carbons (Fsp3) is 0.333. The van der Waals surface area contributed by atoms with Gasteiger partial charge in [-0.15, -0.1) is 0 Å². The number of hydrogen-bond acceptors (Lipinski definition) is 3. The Balaban J connectivity index is 1.60. The normalized spacial score (nSPS) is 15.3. The van der Waals surface area contributed by atoms with E-state index in [2.05, 4.69) is 22.1 Å². The van der Waals surface area contributed by atoms with E-state index in [1.54, 1.807) is 4.90 Å². The molecule has 1 aromatic carbocycles. The highest BCUT2D eigenvalue weighted by molar-refractivity contribution is 6.31. The number of nitrogens with one attached hydrogen (secondary N) is 1. The highest BCUT2D eigenvalue weighted by Gasteiger charge is 2.24. The maximum absolute atomic E-state index is 12.2. The van der Waals surface area contributed by atoms with Crippen molar-refractivity contribution in [3.05, 3.63) is 47.1 Å². The van der Waals surface area contributed by atoms with Gasteiger partial charge in [0.05, 0.1) is 0 Å². The topological polar surface area (TPSA) is 58.2 Å². The molecule has 6 heteroatoms. The third-order valence-electron chi connectivity index (χ3n) is 4.64. The van der Waals surface area contributed by atoms with Crippen molar-refractivity contribution in [1.82, 2.24) is 14.9 Å². The summed E-state index contributed by atoms with van der Waals surface area (Å²) in [6.07, 6.45) is 4.47. The predicted octanol–water partition coefficient (Wildman–Crippen LogP) is 5.39. The SMILES string of the molecule is CC(C)(C)OC(=O)N1CC=C(c2cnc3[nH]c4ccc(Cl)cc4c3c2)CC1. The average Bonchev–Trinajstić information content (AvgIpc) is 2.97. The number of carbonyl (C=O) groups is 1. The molecule has 0 saturated heterocycles. The molecule has 1 amide bonds. The Morgan fingerprint density at radius 3 is 2.78 bits per heavy atom. The van der Waals surface area contributed by atoms with Crippen molar-refractivity contribution in [2.75, 3.05) is 13.1 Å². The van der Waals surface area contributed by atoms with E-state index in [0.29, 0.717) is 18.1 Å². The van der Waals surface area contributed by atoms with Gasteiger partial charge in [0.1, 0.15) is 11.2 Å². The van der Waals surface area contributed by atoms with E-state index in [-0.39, 0.29) is 6.09 Å². The van der Waals surface area contributed by atoms with Gasteiger partial charge in [0.15, 0.2) is 0 Å². The molecule has 2 aromatic heterocycles. The minimum Gasteiger partial charge on any atom is -0.444 e. The van der Waals surface area contributed by atoms with E-state index in [9.17, 15) is 4.79 Å². The van der Waals surface area contributed by atoms with Crippen LogP contribution in [0.5, 0.6) is 0 Å². The van der Waals surface area contributed by atoms with Crippen LogP contribution < -0.4 is 0 Å². The first-order valence-electron chi connectivity index (χ1n) is 9.04. The Hall–Kier alpha value is -2.53. The average molecular weight is 384 g/mol. The van der Waals surface area contributed by atoms with E-state index in [0.717, 1.165) is 33.9 Å². The molecule has 0 aliphatic carbocycles. The van der Waals surface area contributed by atoms with Crippen LogP contribution in [0.1, 0.15) is 32.8 Å². The van der Waals surface area contributed by atoms with Gasteiger partial charge in [0.25, 0.3) is 0 Å². The highest BCUT2D eigenvalue weighted by Crippen LogP contribution is 2.30. The van der Waals surface area contributed by atoms with Crippen LogP contribution in [0.2, 0.25) is 5.02 Å². The number of H-pyrrole nitrogens is 1. The van der Waals surface area contributed by atoms with Gasteiger partial charge in [-0.05, 0) is 62.6 Å². The summed E-state index contributed by atoms with van der Waals surface area (Å²) >= 11 is 6.16. The molecule has 1 aliphatic heterocycles. The van der Waals surface area contributed by atoms with Crippen molar-refractivity contribution >= 4 is 45.2 Å². The van der Waals surface area contributed by atoms with Crippen molar-refractivity contribution in [3.63, 3.8) is 0 Å². The number of ether oxygens (including phenoxy) is 1. The van der Waals surface area contributed by atoms with E-state index < -0.39 is 5.60 Å². The Morgan fingerprint density at radius 1 is 1.26 bits per heavy atom. The monoisotopic (exact) mass is 383 g/mol. The summed E-state index contributed by atoms with van der Waals surface area (Å²) < 4.78 is 5.45. The van der Waals surface area contributed by atoms with Crippen LogP contribution in [0.4, 0.5) is 4.79 Å².